The van der Waals surface area contributed by atoms with Crippen LogP contribution in [0.3, 0.4) is 0 Å². The van der Waals surface area contributed by atoms with Crippen LogP contribution in [-0.4, -0.2) is 53.1 Å². The van der Waals surface area contributed by atoms with Crippen LogP contribution < -0.4 is 0 Å². The molecule has 0 radical (unpaired) electrons. The van der Waals surface area contributed by atoms with E-state index in [1.54, 1.807) is 13.8 Å². The summed E-state index contributed by atoms with van der Waals surface area (Å²) in [6, 6.07) is 4.59. The van der Waals surface area contributed by atoms with Gasteiger partial charge in [0.15, 0.2) is 22.9 Å². The predicted molar refractivity (Wildman–Crippen MR) is 187 cm³/mol. The molecule has 270 valence electrons. The van der Waals surface area contributed by atoms with Crippen molar-refractivity contribution in [3.05, 3.63) is 63.6 Å². The molecular weight excluding hydrogens is 660 g/mol. The average molecular weight is 703 g/mol. The van der Waals surface area contributed by atoms with Crippen LogP contribution >= 0.6 is 0 Å². The molecule has 0 unspecified atom stereocenters. The Morgan fingerprint density at radius 1 is 0.549 bits per heavy atom. The van der Waals surface area contributed by atoms with Crippen molar-refractivity contribution in [1.29, 1.82) is 0 Å². The van der Waals surface area contributed by atoms with Crippen molar-refractivity contribution in [1.82, 2.24) is 0 Å². The second-order valence-corrected chi connectivity index (χ2v) is 14.3. The molecule has 3 aromatic carbocycles. The van der Waals surface area contributed by atoms with Gasteiger partial charge in [0.05, 0.1) is 10.8 Å². The molecule has 0 spiro atoms. The van der Waals surface area contributed by atoms with Crippen LogP contribution in [0, 0.1) is 17.8 Å². The van der Waals surface area contributed by atoms with E-state index in [9.17, 15) is 50.1 Å². The third-order valence-electron chi connectivity index (χ3n) is 8.60. The van der Waals surface area contributed by atoms with E-state index >= 15 is 0 Å². The topological polar surface area (TPSA) is 219 Å². The number of rotatable bonds is 13. The largest absolute Gasteiger partial charge is 0.507 e. The van der Waals surface area contributed by atoms with Gasteiger partial charge in [-0.2, -0.15) is 0 Å². The highest BCUT2D eigenvalue weighted by molar-refractivity contribution is 6.11. The molecule has 0 aliphatic rings. The lowest BCUT2D eigenvalue weighted by molar-refractivity contribution is 0.0953. The first-order valence-electron chi connectivity index (χ1n) is 16.7. The van der Waals surface area contributed by atoms with Gasteiger partial charge < -0.3 is 44.6 Å². The lowest BCUT2D eigenvalue weighted by Gasteiger charge is -2.14. The first kappa shape index (κ1) is 36.6. The van der Waals surface area contributed by atoms with Crippen LogP contribution in [0.2, 0.25) is 0 Å². The molecule has 2 aromatic heterocycles. The van der Waals surface area contributed by atoms with E-state index in [2.05, 4.69) is 0 Å². The number of fused-ring (bicyclic) bond motifs is 2. The Kier molecular flexibility index (Phi) is 10.0. The Labute approximate surface area is 293 Å². The maximum absolute atomic E-state index is 13.4. The van der Waals surface area contributed by atoms with E-state index in [0.29, 0.717) is 0 Å². The second kappa shape index (κ2) is 13.9. The number of hydrogen-bond donors (Lipinski definition) is 7. The zero-order chi connectivity index (χ0) is 37.6. The van der Waals surface area contributed by atoms with Gasteiger partial charge >= 0.3 is 0 Å². The third-order valence-corrected chi connectivity index (χ3v) is 8.60. The van der Waals surface area contributed by atoms with Gasteiger partial charge in [-0.3, -0.25) is 14.4 Å². The maximum Gasteiger partial charge on any atom is 0.170 e. The predicted octanol–water partition coefficient (Wildman–Crippen LogP) is 7.99. The van der Waals surface area contributed by atoms with E-state index in [1.165, 1.54) is 12.1 Å². The Bertz CT molecular complexity index is 2200. The van der Waals surface area contributed by atoms with Gasteiger partial charge in [-0.15, -0.1) is 0 Å². The standard InChI is InChI=1S/C39H42O12/c1-16(2)7-24(41)34-28(45)13-23(40)20(37(34)48)12-31-21(33-27(44)14-29(46)36(39(33)51-31)26(43)9-18(5)6)10-19-11-22-32(50-19)15-30(47)35(38(22)49)25(42)8-17(3)4/h11,13-18,40,44-49H,7-10,12H2,1-6H3. The van der Waals surface area contributed by atoms with Crippen molar-refractivity contribution >= 4 is 39.3 Å². The van der Waals surface area contributed by atoms with Gasteiger partial charge in [-0.1, -0.05) is 41.5 Å². The summed E-state index contributed by atoms with van der Waals surface area (Å²) in [5, 5.41) is 76.5. The summed E-state index contributed by atoms with van der Waals surface area (Å²) < 4.78 is 12.2. The fourth-order valence-corrected chi connectivity index (χ4v) is 6.40. The number of hydrogen-bond acceptors (Lipinski definition) is 12. The van der Waals surface area contributed by atoms with Gasteiger partial charge in [0.2, 0.25) is 0 Å². The molecule has 0 amide bonds. The molecule has 12 nitrogen and oxygen atoms in total. The zero-order valence-electron chi connectivity index (χ0n) is 29.2. The Morgan fingerprint density at radius 3 is 1.61 bits per heavy atom. The molecule has 7 N–H and O–H groups in total. The van der Waals surface area contributed by atoms with Crippen LogP contribution in [-0.2, 0) is 12.8 Å². The van der Waals surface area contributed by atoms with Gasteiger partial charge in [-0.05, 0) is 23.8 Å². The van der Waals surface area contributed by atoms with Crippen LogP contribution in [0.4, 0.5) is 0 Å². The van der Waals surface area contributed by atoms with E-state index in [1.807, 2.05) is 27.7 Å². The minimum atomic E-state index is -0.685. The minimum Gasteiger partial charge on any atom is -0.507 e. The quantitative estimate of drug-likeness (QED) is 0.0581. The van der Waals surface area contributed by atoms with Gasteiger partial charge in [0.25, 0.3) is 0 Å². The van der Waals surface area contributed by atoms with E-state index < -0.39 is 69.6 Å². The van der Waals surface area contributed by atoms with Crippen molar-refractivity contribution in [3.63, 3.8) is 0 Å². The summed E-state index contributed by atoms with van der Waals surface area (Å²) in [6.07, 6.45) is -0.504. The molecule has 12 heteroatoms. The Hall–Kier alpha value is -5.65. The molecule has 5 aromatic rings. The molecule has 0 saturated heterocycles. The summed E-state index contributed by atoms with van der Waals surface area (Å²) in [7, 11) is 0. The number of aromatic hydroxyl groups is 7. The summed E-state index contributed by atoms with van der Waals surface area (Å²) in [5.41, 5.74) is -0.960. The monoisotopic (exact) mass is 702 g/mol. The summed E-state index contributed by atoms with van der Waals surface area (Å²) in [6.45, 7) is 10.9. The molecule has 0 aliphatic heterocycles. The van der Waals surface area contributed by atoms with Crippen molar-refractivity contribution in [3.8, 4) is 40.2 Å². The number of phenolic OH excluding ortho intramolecular Hbond substituents is 7. The van der Waals surface area contributed by atoms with Crippen molar-refractivity contribution < 1.29 is 59.0 Å². The molecule has 2 heterocycles. The average Bonchev–Trinajstić information content (AvgIpc) is 3.55. The molecule has 0 saturated carbocycles. The van der Waals surface area contributed by atoms with Crippen LogP contribution in [0.5, 0.6) is 40.2 Å². The second-order valence-electron chi connectivity index (χ2n) is 14.3. The number of benzene rings is 3. The van der Waals surface area contributed by atoms with Gasteiger partial charge in [0.1, 0.15) is 74.0 Å². The summed E-state index contributed by atoms with van der Waals surface area (Å²) in [5.74, 6) is -5.41. The Morgan fingerprint density at radius 2 is 1.04 bits per heavy atom. The van der Waals surface area contributed by atoms with Crippen molar-refractivity contribution in [2.75, 3.05) is 0 Å². The molecule has 5 rings (SSSR count). The lowest BCUT2D eigenvalue weighted by Crippen LogP contribution is -2.06. The number of furan rings is 2. The van der Waals surface area contributed by atoms with Gasteiger partial charge in [0, 0.05) is 61.4 Å². The molecule has 51 heavy (non-hydrogen) atoms. The third kappa shape index (κ3) is 7.03. The van der Waals surface area contributed by atoms with Crippen molar-refractivity contribution in [2.24, 2.45) is 17.8 Å². The maximum atomic E-state index is 13.4. The van der Waals surface area contributed by atoms with Crippen molar-refractivity contribution in [2.45, 2.75) is 73.6 Å². The van der Waals surface area contributed by atoms with Crippen LogP contribution in [0.1, 0.15) is 115 Å². The fraction of sp³-hybridized carbons (Fsp3) is 0.359. The normalized spacial score (nSPS) is 11.9. The molecule has 0 aliphatic carbocycles. The van der Waals surface area contributed by atoms with E-state index in [4.69, 9.17) is 8.83 Å². The van der Waals surface area contributed by atoms with E-state index in [0.717, 1.165) is 12.1 Å². The Balaban J connectivity index is 1.73. The number of phenols is 7. The SMILES string of the molecule is CC(C)CC(=O)c1c(O)cc(O)c(Cc2oc3c(C(=O)CC(C)C)c(O)cc(O)c3c2Cc2cc3c(O)c(C(=O)CC(C)C)c(O)cc3o2)c1O. The van der Waals surface area contributed by atoms with Crippen LogP contribution in [0.25, 0.3) is 21.9 Å². The molecule has 0 fully saturated rings. The van der Waals surface area contributed by atoms with E-state index in [-0.39, 0.29) is 99.1 Å². The summed E-state index contributed by atoms with van der Waals surface area (Å²) in [4.78, 5) is 39.3. The minimum absolute atomic E-state index is 0.00503. The first-order valence-corrected chi connectivity index (χ1v) is 16.7. The first-order chi connectivity index (χ1) is 23.9. The highest BCUT2D eigenvalue weighted by atomic mass is 16.4. The molecular formula is C39H42O12. The highest BCUT2D eigenvalue weighted by Crippen LogP contribution is 2.46. The van der Waals surface area contributed by atoms with Crippen LogP contribution in [0.15, 0.2) is 33.1 Å². The fourth-order valence-electron chi connectivity index (χ4n) is 6.40. The summed E-state index contributed by atoms with van der Waals surface area (Å²) >= 11 is 0. The number of ketones is 3. The number of carbonyl (C=O) groups is 3. The zero-order valence-corrected chi connectivity index (χ0v) is 29.2. The molecule has 0 atom stereocenters. The van der Waals surface area contributed by atoms with Gasteiger partial charge in [-0.25, -0.2) is 0 Å². The number of Topliss-reactive ketones (excluding diaryl/α,β-unsaturated/α-hetero) is 3. The molecule has 0 bridgehead atoms. The smallest absolute Gasteiger partial charge is 0.170 e. The lowest BCUT2D eigenvalue weighted by atomic mass is 9.93. The highest BCUT2D eigenvalue weighted by Gasteiger charge is 2.31. The number of carbonyl (C=O) groups excluding carboxylic acids is 3.